The van der Waals surface area contributed by atoms with E-state index in [-0.39, 0.29) is 17.4 Å². The van der Waals surface area contributed by atoms with Crippen molar-refractivity contribution in [3.8, 4) is 6.07 Å². The Morgan fingerprint density at radius 3 is 2.06 bits per heavy atom. The summed E-state index contributed by atoms with van der Waals surface area (Å²) in [6.07, 6.45) is -4.48. The quantitative estimate of drug-likeness (QED) is 0.605. The summed E-state index contributed by atoms with van der Waals surface area (Å²) in [5.41, 5.74) is 0.249. The van der Waals surface area contributed by atoms with Gasteiger partial charge >= 0.3 is 12.2 Å². The first-order valence-corrected chi connectivity index (χ1v) is 11.5. The number of halogens is 3. The summed E-state index contributed by atoms with van der Waals surface area (Å²) >= 11 is 0. The van der Waals surface area contributed by atoms with Crippen molar-refractivity contribution in [3.05, 3.63) is 65.2 Å². The number of carbonyl (C=O) groups excluding carboxylic acids is 1. The molecule has 0 heterocycles. The molecule has 0 aliphatic heterocycles. The Hall–Kier alpha value is -3.06. The van der Waals surface area contributed by atoms with Crippen molar-refractivity contribution in [2.24, 2.45) is 5.92 Å². The molecule has 10 heteroatoms. The number of urea groups is 1. The summed E-state index contributed by atoms with van der Waals surface area (Å²) in [7, 11) is -3.67. The van der Waals surface area contributed by atoms with Crippen LogP contribution in [0.1, 0.15) is 42.7 Å². The number of nitrogens with one attached hydrogen (secondary N) is 2. The number of carbonyl (C=O) groups is 1. The molecule has 2 rings (SSSR count). The number of alkyl halides is 3. The van der Waals surface area contributed by atoms with E-state index in [4.69, 9.17) is 5.26 Å². The van der Waals surface area contributed by atoms with Crippen LogP contribution in [-0.4, -0.2) is 26.2 Å². The second-order valence-corrected chi connectivity index (χ2v) is 10.1. The Labute approximate surface area is 185 Å². The van der Waals surface area contributed by atoms with Gasteiger partial charge in [-0.2, -0.15) is 18.4 Å². The van der Waals surface area contributed by atoms with Crippen molar-refractivity contribution in [1.82, 2.24) is 5.32 Å². The molecule has 0 radical (unpaired) electrons. The lowest BCUT2D eigenvalue weighted by molar-refractivity contribution is -0.137. The topological polar surface area (TPSA) is 99.1 Å². The molecule has 0 bridgehead atoms. The molecule has 2 atom stereocenters. The summed E-state index contributed by atoms with van der Waals surface area (Å²) in [4.78, 5) is 12.3. The maximum atomic E-state index is 12.9. The number of nitriles is 1. The van der Waals surface area contributed by atoms with Gasteiger partial charge in [-0.15, -0.1) is 0 Å². The second-order valence-electron chi connectivity index (χ2n) is 7.73. The lowest BCUT2D eigenvalue weighted by Gasteiger charge is -2.24. The van der Waals surface area contributed by atoms with Crippen LogP contribution >= 0.6 is 0 Å². The van der Waals surface area contributed by atoms with Crippen LogP contribution in [0.2, 0.25) is 0 Å². The van der Waals surface area contributed by atoms with Gasteiger partial charge < -0.3 is 10.6 Å². The van der Waals surface area contributed by atoms with E-state index in [1.807, 2.05) is 6.07 Å². The van der Waals surface area contributed by atoms with Gasteiger partial charge in [0, 0.05) is 11.7 Å². The molecule has 0 saturated carbocycles. The maximum Gasteiger partial charge on any atom is 0.416 e. The molecule has 0 unspecified atom stereocenters. The van der Waals surface area contributed by atoms with Crippen LogP contribution in [0.15, 0.2) is 48.5 Å². The lowest BCUT2D eigenvalue weighted by Crippen LogP contribution is -2.45. The summed E-state index contributed by atoms with van der Waals surface area (Å²) in [5.74, 6) is -0.553. The van der Waals surface area contributed by atoms with Crippen LogP contribution in [0.5, 0.6) is 0 Å². The van der Waals surface area contributed by atoms with Crippen molar-refractivity contribution >= 4 is 21.6 Å². The van der Waals surface area contributed by atoms with Crippen molar-refractivity contribution in [2.45, 2.75) is 38.2 Å². The third kappa shape index (κ3) is 6.72. The van der Waals surface area contributed by atoms with E-state index in [0.717, 1.165) is 24.3 Å². The average Bonchev–Trinajstić information content (AvgIpc) is 2.72. The number of rotatable bonds is 7. The Balaban J connectivity index is 2.07. The molecule has 0 aliphatic carbocycles. The highest BCUT2D eigenvalue weighted by Gasteiger charge is 2.31. The Morgan fingerprint density at radius 1 is 1.03 bits per heavy atom. The molecule has 6 nitrogen and oxygen atoms in total. The van der Waals surface area contributed by atoms with Crippen molar-refractivity contribution < 1.29 is 26.4 Å². The van der Waals surface area contributed by atoms with Gasteiger partial charge in [0.05, 0.1) is 28.2 Å². The molecule has 2 aromatic carbocycles. The fraction of sp³-hybridized carbons (Fsp3) is 0.364. The molecule has 0 aliphatic rings. The molecule has 172 valence electrons. The Kier molecular flexibility index (Phi) is 7.91. The minimum atomic E-state index is -4.48. The fourth-order valence-corrected chi connectivity index (χ4v) is 4.74. The molecule has 0 aromatic heterocycles. The largest absolute Gasteiger partial charge is 0.416 e. The van der Waals surface area contributed by atoms with Gasteiger partial charge in [-0.25, -0.2) is 13.2 Å². The van der Waals surface area contributed by atoms with Crippen LogP contribution in [0.4, 0.5) is 23.7 Å². The van der Waals surface area contributed by atoms with Gasteiger partial charge in [0.1, 0.15) is 0 Å². The molecule has 0 fully saturated rings. The lowest BCUT2D eigenvalue weighted by atomic mass is 10.1. The fourth-order valence-electron chi connectivity index (χ4n) is 2.91. The first-order valence-electron chi connectivity index (χ1n) is 9.80. The highest BCUT2D eigenvalue weighted by Crippen LogP contribution is 2.30. The van der Waals surface area contributed by atoms with E-state index < -0.39 is 38.9 Å². The predicted molar refractivity (Wildman–Crippen MR) is 116 cm³/mol. The van der Waals surface area contributed by atoms with Crippen molar-refractivity contribution in [1.29, 1.82) is 5.26 Å². The standard InChI is InChI=1S/C22H24F3N3O3S/c1-14(2)20(13-32(30,31)15(3)17-6-4-16(12-26)5-7-17)28-21(29)27-19-10-8-18(9-11-19)22(23,24)25/h4-11,14-15,20H,13H2,1-3H3,(H2,27,28,29)/t15-,20+/m0/s1. The van der Waals surface area contributed by atoms with E-state index in [9.17, 15) is 26.4 Å². The van der Waals surface area contributed by atoms with E-state index in [0.29, 0.717) is 11.1 Å². The number of nitrogens with zero attached hydrogens (tertiary/aromatic N) is 1. The minimum Gasteiger partial charge on any atom is -0.334 e. The zero-order chi connectivity index (χ0) is 24.1. The first kappa shape index (κ1) is 25.2. The molecule has 2 aromatic rings. The zero-order valence-electron chi connectivity index (χ0n) is 17.8. The van der Waals surface area contributed by atoms with Crippen LogP contribution in [0.3, 0.4) is 0 Å². The molecule has 0 spiro atoms. The number of amides is 2. The molecular weight excluding hydrogens is 443 g/mol. The molecule has 2 N–H and O–H groups in total. The number of benzene rings is 2. The number of hydrogen-bond acceptors (Lipinski definition) is 4. The third-order valence-electron chi connectivity index (χ3n) is 5.05. The van der Waals surface area contributed by atoms with Gasteiger partial charge in [0.15, 0.2) is 9.84 Å². The van der Waals surface area contributed by atoms with Crippen molar-refractivity contribution in [2.75, 3.05) is 11.1 Å². The summed E-state index contributed by atoms with van der Waals surface area (Å²) < 4.78 is 63.8. The van der Waals surface area contributed by atoms with Crippen molar-refractivity contribution in [3.63, 3.8) is 0 Å². The van der Waals surface area contributed by atoms with Crippen LogP contribution in [0.25, 0.3) is 0 Å². The first-order chi connectivity index (χ1) is 14.8. The van der Waals surface area contributed by atoms with Crippen LogP contribution in [0, 0.1) is 17.2 Å². The SMILES string of the molecule is CC(C)[C@@H](CS(=O)(=O)[C@@H](C)c1ccc(C#N)cc1)NC(=O)Nc1ccc(C(F)(F)F)cc1. The zero-order valence-corrected chi connectivity index (χ0v) is 18.6. The molecule has 2 amide bonds. The predicted octanol–water partition coefficient (Wildman–Crippen LogP) is 4.90. The van der Waals surface area contributed by atoms with E-state index >= 15 is 0 Å². The second kappa shape index (κ2) is 10.0. The Bertz CT molecular complexity index is 1070. The van der Waals surface area contributed by atoms with Gasteiger partial charge in [-0.1, -0.05) is 26.0 Å². The van der Waals surface area contributed by atoms with Gasteiger partial charge in [0.25, 0.3) is 0 Å². The van der Waals surface area contributed by atoms with Crippen LogP contribution in [-0.2, 0) is 16.0 Å². The van der Waals surface area contributed by atoms with Gasteiger partial charge in [-0.05, 0) is 54.8 Å². The number of hydrogen-bond donors (Lipinski definition) is 2. The van der Waals surface area contributed by atoms with Gasteiger partial charge in [0.2, 0.25) is 0 Å². The molecule has 32 heavy (non-hydrogen) atoms. The number of anilines is 1. The van der Waals surface area contributed by atoms with Crippen LogP contribution < -0.4 is 10.6 Å². The van der Waals surface area contributed by atoms with Gasteiger partial charge in [-0.3, -0.25) is 0 Å². The van der Waals surface area contributed by atoms with E-state index in [1.165, 1.54) is 19.1 Å². The summed E-state index contributed by atoms with van der Waals surface area (Å²) in [6, 6.07) is 10.7. The summed E-state index contributed by atoms with van der Waals surface area (Å²) in [5, 5.41) is 13.0. The minimum absolute atomic E-state index is 0.145. The smallest absolute Gasteiger partial charge is 0.334 e. The Morgan fingerprint density at radius 2 is 1.59 bits per heavy atom. The molecule has 0 saturated heterocycles. The van der Waals surface area contributed by atoms with E-state index in [2.05, 4.69) is 10.6 Å². The highest BCUT2D eigenvalue weighted by molar-refractivity contribution is 7.91. The molecular formula is C22H24F3N3O3S. The third-order valence-corrected chi connectivity index (χ3v) is 7.22. The average molecular weight is 468 g/mol. The summed E-state index contributed by atoms with van der Waals surface area (Å²) in [6.45, 7) is 5.05. The maximum absolute atomic E-state index is 12.9. The normalized spacial score (nSPS) is 13.8. The highest BCUT2D eigenvalue weighted by atomic mass is 32.2. The monoisotopic (exact) mass is 467 g/mol. The van der Waals surface area contributed by atoms with E-state index in [1.54, 1.807) is 26.0 Å². The number of sulfone groups is 1.